The molecule has 0 fully saturated rings. The van der Waals surface area contributed by atoms with E-state index in [0.717, 1.165) is 103 Å². The van der Waals surface area contributed by atoms with Crippen molar-refractivity contribution in [1.82, 2.24) is 0 Å². The van der Waals surface area contributed by atoms with Gasteiger partial charge in [0.1, 0.15) is 19.3 Å². The first-order chi connectivity index (χ1) is 38.0. The molecule has 0 amide bonds. The zero-order valence-electron chi connectivity index (χ0n) is 50.5. The number of ether oxygens (including phenoxy) is 4. The number of esters is 4. The van der Waals surface area contributed by atoms with Crippen LogP contribution in [0.3, 0.4) is 0 Å². The maximum atomic E-state index is 12.9. The Morgan fingerprint density at radius 3 is 0.861 bits per heavy atom. The Bertz CT molecular complexity index is 1550. The van der Waals surface area contributed by atoms with Gasteiger partial charge in [0, 0.05) is 25.7 Å². The quantitative estimate of drug-likeness (QED) is 0.0222. The second-order valence-electron chi connectivity index (χ2n) is 22.2. The number of carbonyl (C=O) groups is 4. The molecule has 0 aromatic heterocycles. The highest BCUT2D eigenvalue weighted by Gasteiger charge is 2.30. The summed E-state index contributed by atoms with van der Waals surface area (Å²) in [4.78, 5) is 71.9. The standard InChI is InChI=1S/C60H116O17P2/c1-6-9-12-15-18-20-22-24-29-34-39-44-58(63)71-50-56(76-59(64)45-40-35-30-25-23-21-19-16-13-10-7-2)52-75-79(68,69)73-48-54(61)47-72-78(66,67)74-51-55(49-70-57(62)43-38-33-27-17-14-11-8-3)77-60(65)46-41-36-31-26-28-32-37-42-53(4)5/h53-56,61H,6-52H2,1-5H3,(H,66,67)(H,68,69)/t54-,55+,56+/m0/s1. The minimum absolute atomic E-state index is 0.103. The van der Waals surface area contributed by atoms with Crippen LogP contribution in [0.4, 0.5) is 0 Å². The molecular weight excluding hydrogens is 1050 g/mol. The summed E-state index contributed by atoms with van der Waals surface area (Å²) < 4.78 is 67.7. The van der Waals surface area contributed by atoms with Crippen molar-refractivity contribution in [3.8, 4) is 0 Å². The summed E-state index contributed by atoms with van der Waals surface area (Å²) in [6, 6.07) is 0. The predicted molar refractivity (Wildman–Crippen MR) is 312 cm³/mol. The van der Waals surface area contributed by atoms with E-state index in [4.69, 9.17) is 37.0 Å². The van der Waals surface area contributed by atoms with Gasteiger partial charge in [-0.15, -0.1) is 0 Å². The van der Waals surface area contributed by atoms with Crippen molar-refractivity contribution in [3.05, 3.63) is 0 Å². The topological polar surface area (TPSA) is 237 Å². The number of hydrogen-bond acceptors (Lipinski definition) is 15. The molecule has 0 heterocycles. The molecule has 0 aliphatic heterocycles. The van der Waals surface area contributed by atoms with E-state index in [1.165, 1.54) is 109 Å². The molecule has 0 spiro atoms. The Labute approximate surface area is 479 Å². The number of unbranched alkanes of at least 4 members (excludes halogenated alkanes) is 32. The second kappa shape index (κ2) is 54.0. The van der Waals surface area contributed by atoms with Crippen LogP contribution in [0.1, 0.15) is 298 Å². The maximum absolute atomic E-state index is 12.9. The molecular formula is C60H116O17P2. The summed E-state index contributed by atoms with van der Waals surface area (Å²) in [7, 11) is -9.87. The largest absolute Gasteiger partial charge is 0.472 e. The Kier molecular flexibility index (Phi) is 52.7. The molecule has 19 heteroatoms. The summed E-state index contributed by atoms with van der Waals surface area (Å²) >= 11 is 0. The van der Waals surface area contributed by atoms with Crippen molar-refractivity contribution >= 4 is 39.5 Å². The Hall–Kier alpha value is -1.94. The molecule has 0 radical (unpaired) electrons. The van der Waals surface area contributed by atoms with Gasteiger partial charge in [0.25, 0.3) is 0 Å². The number of rotatable bonds is 60. The predicted octanol–water partition coefficient (Wildman–Crippen LogP) is 16.2. The summed E-state index contributed by atoms with van der Waals surface area (Å²) in [5.41, 5.74) is 0. The first kappa shape index (κ1) is 77.1. The molecule has 0 aliphatic rings. The summed E-state index contributed by atoms with van der Waals surface area (Å²) in [5, 5.41) is 10.5. The molecule has 2 unspecified atom stereocenters. The Morgan fingerprint density at radius 1 is 0.342 bits per heavy atom. The van der Waals surface area contributed by atoms with Gasteiger partial charge in [0.15, 0.2) is 12.2 Å². The van der Waals surface area contributed by atoms with Crippen molar-refractivity contribution in [2.24, 2.45) is 5.92 Å². The molecule has 0 saturated heterocycles. The zero-order chi connectivity index (χ0) is 58.5. The lowest BCUT2D eigenvalue weighted by Crippen LogP contribution is -2.30. The van der Waals surface area contributed by atoms with E-state index in [1.54, 1.807) is 0 Å². The molecule has 0 aromatic rings. The van der Waals surface area contributed by atoms with Crippen LogP contribution < -0.4 is 0 Å². The van der Waals surface area contributed by atoms with Gasteiger partial charge in [-0.3, -0.25) is 37.3 Å². The lowest BCUT2D eigenvalue weighted by molar-refractivity contribution is -0.161. The van der Waals surface area contributed by atoms with Gasteiger partial charge in [-0.05, 0) is 31.6 Å². The van der Waals surface area contributed by atoms with Crippen LogP contribution >= 0.6 is 15.6 Å². The number of aliphatic hydroxyl groups is 1. The van der Waals surface area contributed by atoms with Crippen molar-refractivity contribution in [1.29, 1.82) is 0 Å². The summed E-state index contributed by atoms with van der Waals surface area (Å²) in [6.07, 6.45) is 36.3. The van der Waals surface area contributed by atoms with E-state index < -0.39 is 97.5 Å². The van der Waals surface area contributed by atoms with E-state index in [1.807, 2.05) is 0 Å². The normalized spacial score (nSPS) is 14.3. The molecule has 0 bridgehead atoms. The highest BCUT2D eigenvalue weighted by Crippen LogP contribution is 2.45. The van der Waals surface area contributed by atoms with E-state index in [0.29, 0.717) is 31.6 Å². The molecule has 0 rings (SSSR count). The highest BCUT2D eigenvalue weighted by atomic mass is 31.2. The molecule has 0 saturated carbocycles. The third-order valence-corrected chi connectivity index (χ3v) is 15.7. The van der Waals surface area contributed by atoms with Gasteiger partial charge in [0.05, 0.1) is 26.4 Å². The minimum atomic E-state index is -4.94. The van der Waals surface area contributed by atoms with E-state index in [2.05, 4.69) is 34.6 Å². The van der Waals surface area contributed by atoms with Crippen molar-refractivity contribution in [3.63, 3.8) is 0 Å². The van der Waals surface area contributed by atoms with Crippen LogP contribution in [-0.2, 0) is 65.4 Å². The zero-order valence-corrected chi connectivity index (χ0v) is 52.3. The van der Waals surface area contributed by atoms with Crippen LogP contribution in [0.25, 0.3) is 0 Å². The highest BCUT2D eigenvalue weighted by molar-refractivity contribution is 7.47. The van der Waals surface area contributed by atoms with Crippen molar-refractivity contribution in [2.45, 2.75) is 316 Å². The number of carbonyl (C=O) groups excluding carboxylic acids is 4. The second-order valence-corrected chi connectivity index (χ2v) is 25.1. The van der Waals surface area contributed by atoms with Crippen LogP contribution in [0.5, 0.6) is 0 Å². The summed E-state index contributed by atoms with van der Waals surface area (Å²) in [5.74, 6) is -1.45. The molecule has 0 aliphatic carbocycles. The fourth-order valence-electron chi connectivity index (χ4n) is 8.88. The number of phosphoric acid groups is 2. The molecule has 17 nitrogen and oxygen atoms in total. The van der Waals surface area contributed by atoms with Gasteiger partial charge < -0.3 is 33.8 Å². The van der Waals surface area contributed by atoms with Gasteiger partial charge in [0.2, 0.25) is 0 Å². The third kappa shape index (κ3) is 55.0. The first-order valence-electron chi connectivity index (χ1n) is 31.6. The average Bonchev–Trinajstić information content (AvgIpc) is 3.41. The molecule has 5 atom stereocenters. The van der Waals surface area contributed by atoms with Gasteiger partial charge >= 0.3 is 39.5 Å². The fourth-order valence-corrected chi connectivity index (χ4v) is 10.5. The van der Waals surface area contributed by atoms with E-state index in [9.17, 15) is 43.2 Å². The van der Waals surface area contributed by atoms with Crippen molar-refractivity contribution in [2.75, 3.05) is 39.6 Å². The number of phosphoric ester groups is 2. The summed E-state index contributed by atoms with van der Waals surface area (Å²) in [6.45, 7) is 7.05. The average molecular weight is 1170 g/mol. The fraction of sp³-hybridized carbons (Fsp3) is 0.933. The van der Waals surface area contributed by atoms with Gasteiger partial charge in [-0.1, -0.05) is 247 Å². The first-order valence-corrected chi connectivity index (χ1v) is 34.6. The SMILES string of the molecule is CCCCCCCCCCCCCC(=O)OC[C@H](COP(=O)(O)OC[C@@H](O)COP(=O)(O)OC[C@@H](COC(=O)CCCCCCCCC)OC(=O)CCCCCCCCCC(C)C)OC(=O)CCCCCCCCCCCCC. The number of hydrogen-bond donors (Lipinski definition) is 3. The van der Waals surface area contributed by atoms with Crippen LogP contribution in [0.2, 0.25) is 0 Å². The van der Waals surface area contributed by atoms with Gasteiger partial charge in [-0.2, -0.15) is 0 Å². The van der Waals surface area contributed by atoms with Crippen LogP contribution in [0, 0.1) is 5.92 Å². The van der Waals surface area contributed by atoms with Crippen molar-refractivity contribution < 1.29 is 80.2 Å². The molecule has 3 N–H and O–H groups in total. The third-order valence-electron chi connectivity index (χ3n) is 13.8. The van der Waals surface area contributed by atoms with E-state index in [-0.39, 0.29) is 25.7 Å². The number of aliphatic hydroxyl groups excluding tert-OH is 1. The molecule has 0 aromatic carbocycles. The van der Waals surface area contributed by atoms with Crippen LogP contribution in [-0.4, -0.2) is 96.7 Å². The Balaban J connectivity index is 5.21. The lowest BCUT2D eigenvalue weighted by atomic mass is 10.0. The molecule has 468 valence electrons. The minimum Gasteiger partial charge on any atom is -0.462 e. The van der Waals surface area contributed by atoms with Gasteiger partial charge in [-0.25, -0.2) is 9.13 Å². The smallest absolute Gasteiger partial charge is 0.462 e. The maximum Gasteiger partial charge on any atom is 0.472 e. The van der Waals surface area contributed by atoms with E-state index >= 15 is 0 Å². The monoisotopic (exact) mass is 1170 g/mol. The Morgan fingerprint density at radius 2 is 0.582 bits per heavy atom. The lowest BCUT2D eigenvalue weighted by Gasteiger charge is -2.21. The molecule has 79 heavy (non-hydrogen) atoms. The van der Waals surface area contributed by atoms with Crippen LogP contribution in [0.15, 0.2) is 0 Å².